The normalized spacial score (nSPS) is 23.7. The van der Waals surface area contributed by atoms with Crippen molar-refractivity contribution in [1.29, 1.82) is 0 Å². The highest BCUT2D eigenvalue weighted by atomic mass is 32.2. The zero-order chi connectivity index (χ0) is 18.4. The number of hydrogen-bond donors (Lipinski definition) is 2. The molecule has 2 N–H and O–H groups in total. The predicted octanol–water partition coefficient (Wildman–Crippen LogP) is -1.50. The Morgan fingerprint density at radius 2 is 2.08 bits per heavy atom. The van der Waals surface area contributed by atoms with Gasteiger partial charge in [0, 0.05) is 45.5 Å². The molecular weight excluding hydrogens is 358 g/mol. The summed E-state index contributed by atoms with van der Waals surface area (Å²) in [6, 6.07) is 0. The molecule has 1 aromatic rings. The van der Waals surface area contributed by atoms with Crippen LogP contribution < -0.4 is 10.6 Å². The maximum Gasteiger partial charge on any atom is 0.227 e. The summed E-state index contributed by atoms with van der Waals surface area (Å²) in [4.78, 5) is 26.9. The summed E-state index contributed by atoms with van der Waals surface area (Å²) in [6.45, 7) is 4.24. The molecule has 0 aromatic carbocycles. The summed E-state index contributed by atoms with van der Waals surface area (Å²) in [5.41, 5.74) is 0. The van der Waals surface area contributed by atoms with Crippen LogP contribution in [-0.2, 0) is 21.4 Å². The molecular formula is C15H25N7O3S. The number of piperidine rings is 1. The number of aromatic nitrogens is 4. The van der Waals surface area contributed by atoms with Gasteiger partial charge in [0.1, 0.15) is 0 Å². The number of morpholine rings is 1. The second kappa shape index (κ2) is 9.28. The SMILES string of the molecule is Cn1nnnc1SCCNC(=O)[C@H]1CNC[C@@H](C(=O)N2CCOCC2)C1. The molecule has 144 valence electrons. The maximum atomic E-state index is 12.6. The number of carbonyl (C=O) groups excluding carboxylic acids is 2. The van der Waals surface area contributed by atoms with E-state index in [9.17, 15) is 9.59 Å². The van der Waals surface area contributed by atoms with E-state index in [4.69, 9.17) is 4.74 Å². The molecule has 0 unspecified atom stereocenters. The Hall–Kier alpha value is -1.72. The second-order valence-corrected chi connectivity index (χ2v) is 7.51. The van der Waals surface area contributed by atoms with Crippen LogP contribution in [0, 0.1) is 11.8 Å². The Bertz CT molecular complexity index is 620. The van der Waals surface area contributed by atoms with Crippen LogP contribution >= 0.6 is 11.8 Å². The minimum absolute atomic E-state index is 0.00586. The topological polar surface area (TPSA) is 114 Å². The van der Waals surface area contributed by atoms with E-state index in [0.717, 1.165) is 5.16 Å². The third kappa shape index (κ3) is 4.92. The molecule has 0 spiro atoms. The summed E-state index contributed by atoms with van der Waals surface area (Å²) in [6.07, 6.45) is 0.593. The molecule has 10 nitrogen and oxygen atoms in total. The zero-order valence-corrected chi connectivity index (χ0v) is 15.7. The molecule has 2 fully saturated rings. The van der Waals surface area contributed by atoms with Gasteiger partial charge in [-0.15, -0.1) is 5.10 Å². The van der Waals surface area contributed by atoms with Crippen molar-refractivity contribution in [2.45, 2.75) is 11.6 Å². The lowest BCUT2D eigenvalue weighted by atomic mass is 9.88. The smallest absolute Gasteiger partial charge is 0.227 e. The van der Waals surface area contributed by atoms with Crippen LogP contribution in [0.5, 0.6) is 0 Å². The van der Waals surface area contributed by atoms with Crippen LogP contribution in [0.4, 0.5) is 0 Å². The van der Waals surface area contributed by atoms with Gasteiger partial charge in [0.25, 0.3) is 0 Å². The molecule has 0 radical (unpaired) electrons. The molecule has 26 heavy (non-hydrogen) atoms. The fraction of sp³-hybridized carbons (Fsp3) is 0.800. The minimum atomic E-state index is -0.180. The second-order valence-electron chi connectivity index (χ2n) is 6.45. The van der Waals surface area contributed by atoms with E-state index < -0.39 is 0 Å². The molecule has 3 rings (SSSR count). The monoisotopic (exact) mass is 383 g/mol. The van der Waals surface area contributed by atoms with Crippen molar-refractivity contribution in [2.75, 3.05) is 51.7 Å². The lowest BCUT2D eigenvalue weighted by Gasteiger charge is -2.34. The summed E-state index contributed by atoms with van der Waals surface area (Å²) < 4.78 is 6.89. The first-order valence-corrected chi connectivity index (χ1v) is 9.84. The van der Waals surface area contributed by atoms with Gasteiger partial charge in [-0.2, -0.15) is 0 Å². The number of nitrogens with zero attached hydrogens (tertiary/aromatic N) is 5. The van der Waals surface area contributed by atoms with E-state index in [0.29, 0.717) is 58.1 Å². The predicted molar refractivity (Wildman–Crippen MR) is 94.4 cm³/mol. The van der Waals surface area contributed by atoms with Crippen molar-refractivity contribution in [3.63, 3.8) is 0 Å². The molecule has 3 heterocycles. The summed E-state index contributed by atoms with van der Waals surface area (Å²) in [5.74, 6) is 0.491. The van der Waals surface area contributed by atoms with Gasteiger partial charge in [-0.25, -0.2) is 4.68 Å². The van der Waals surface area contributed by atoms with Gasteiger partial charge in [0.15, 0.2) is 0 Å². The van der Waals surface area contributed by atoms with Crippen LogP contribution in [0.2, 0.25) is 0 Å². The van der Waals surface area contributed by atoms with Gasteiger partial charge in [-0.1, -0.05) is 11.8 Å². The molecule has 2 saturated heterocycles. The van der Waals surface area contributed by atoms with E-state index in [1.807, 2.05) is 4.90 Å². The first kappa shape index (κ1) is 19.1. The largest absolute Gasteiger partial charge is 0.378 e. The number of ether oxygens (including phenoxy) is 1. The van der Waals surface area contributed by atoms with Gasteiger partial charge < -0.3 is 20.3 Å². The maximum absolute atomic E-state index is 12.6. The number of nitrogens with one attached hydrogen (secondary N) is 2. The minimum Gasteiger partial charge on any atom is -0.378 e. The quantitative estimate of drug-likeness (QED) is 0.451. The van der Waals surface area contributed by atoms with Crippen molar-refractivity contribution < 1.29 is 14.3 Å². The Kier molecular flexibility index (Phi) is 6.80. The van der Waals surface area contributed by atoms with Gasteiger partial charge in [-0.3, -0.25) is 9.59 Å². The number of carbonyl (C=O) groups is 2. The van der Waals surface area contributed by atoms with E-state index >= 15 is 0 Å². The fourth-order valence-corrected chi connectivity index (χ4v) is 3.88. The van der Waals surface area contributed by atoms with Crippen molar-refractivity contribution in [3.8, 4) is 0 Å². The van der Waals surface area contributed by atoms with Crippen LogP contribution in [0.3, 0.4) is 0 Å². The zero-order valence-electron chi connectivity index (χ0n) is 14.9. The number of hydrogen-bond acceptors (Lipinski definition) is 8. The first-order chi connectivity index (χ1) is 12.6. The number of amides is 2. The third-order valence-corrected chi connectivity index (χ3v) is 5.62. The van der Waals surface area contributed by atoms with Crippen LogP contribution in [-0.4, -0.2) is 88.6 Å². The molecule has 1 aromatic heterocycles. The number of rotatable bonds is 6. The van der Waals surface area contributed by atoms with E-state index in [1.54, 1.807) is 11.7 Å². The highest BCUT2D eigenvalue weighted by Crippen LogP contribution is 2.20. The first-order valence-electron chi connectivity index (χ1n) is 8.85. The molecule has 2 aliphatic heterocycles. The highest BCUT2D eigenvalue weighted by Gasteiger charge is 2.33. The Morgan fingerprint density at radius 1 is 1.31 bits per heavy atom. The van der Waals surface area contributed by atoms with Crippen molar-refractivity contribution >= 4 is 23.6 Å². The summed E-state index contributed by atoms with van der Waals surface area (Å²) in [7, 11) is 1.78. The van der Waals surface area contributed by atoms with Gasteiger partial charge in [-0.05, 0) is 16.8 Å². The van der Waals surface area contributed by atoms with E-state index in [-0.39, 0.29) is 23.7 Å². The Morgan fingerprint density at radius 3 is 2.81 bits per heavy atom. The fourth-order valence-electron chi connectivity index (χ4n) is 3.18. The molecule has 2 atom stereocenters. The Balaban J connectivity index is 1.41. The van der Waals surface area contributed by atoms with Gasteiger partial charge >= 0.3 is 0 Å². The average Bonchev–Trinajstić information content (AvgIpc) is 3.10. The molecule has 0 saturated carbocycles. The number of aryl methyl sites for hydroxylation is 1. The van der Waals surface area contributed by atoms with E-state index in [2.05, 4.69) is 26.2 Å². The van der Waals surface area contributed by atoms with Gasteiger partial charge in [0.05, 0.1) is 25.0 Å². The summed E-state index contributed by atoms with van der Waals surface area (Å²) in [5, 5.41) is 18.1. The summed E-state index contributed by atoms with van der Waals surface area (Å²) >= 11 is 1.49. The molecule has 0 aliphatic carbocycles. The van der Waals surface area contributed by atoms with Crippen molar-refractivity contribution in [1.82, 2.24) is 35.7 Å². The van der Waals surface area contributed by atoms with Crippen molar-refractivity contribution in [3.05, 3.63) is 0 Å². The lowest BCUT2D eigenvalue weighted by molar-refractivity contribution is -0.141. The average molecular weight is 383 g/mol. The van der Waals surface area contributed by atoms with Crippen LogP contribution in [0.25, 0.3) is 0 Å². The van der Waals surface area contributed by atoms with E-state index in [1.165, 1.54) is 11.8 Å². The van der Waals surface area contributed by atoms with Crippen LogP contribution in [0.1, 0.15) is 6.42 Å². The number of tetrazole rings is 1. The Labute approximate surface area is 156 Å². The van der Waals surface area contributed by atoms with Crippen molar-refractivity contribution in [2.24, 2.45) is 18.9 Å². The third-order valence-electron chi connectivity index (χ3n) is 4.61. The highest BCUT2D eigenvalue weighted by molar-refractivity contribution is 7.99. The molecule has 2 amide bonds. The van der Waals surface area contributed by atoms with Gasteiger partial charge in [0.2, 0.25) is 17.0 Å². The number of thioether (sulfide) groups is 1. The molecule has 11 heteroatoms. The van der Waals surface area contributed by atoms with Crippen LogP contribution in [0.15, 0.2) is 5.16 Å². The lowest BCUT2D eigenvalue weighted by Crippen LogP contribution is -2.51. The molecule has 2 aliphatic rings. The standard InChI is InChI=1S/C15H25N7O3S/c1-21-15(18-19-20-21)26-7-2-17-13(23)11-8-12(10-16-9-11)14(24)22-3-5-25-6-4-22/h11-12,16H,2-10H2,1H3,(H,17,23)/t11-,12+/m1/s1. The molecule has 0 bridgehead atoms.